The van der Waals surface area contributed by atoms with Crippen molar-refractivity contribution < 1.29 is 0 Å². The zero-order valence-electron chi connectivity index (χ0n) is 8.46. The first-order valence-corrected chi connectivity index (χ1v) is 4.71. The summed E-state index contributed by atoms with van der Waals surface area (Å²) in [5.41, 5.74) is 4.38. The van der Waals surface area contributed by atoms with E-state index in [0.29, 0.717) is 0 Å². The molecule has 0 atom stereocenters. The fourth-order valence-electron chi connectivity index (χ4n) is 1.84. The van der Waals surface area contributed by atoms with Gasteiger partial charge in [-0.05, 0) is 22.1 Å². The summed E-state index contributed by atoms with van der Waals surface area (Å²) in [6, 6.07) is 6.48. The molecule has 0 saturated carbocycles. The van der Waals surface area contributed by atoms with E-state index in [9.17, 15) is 0 Å². The number of benzene rings is 1. The Bertz CT molecular complexity index is 356. The van der Waals surface area contributed by atoms with Crippen molar-refractivity contribution in [2.45, 2.75) is 32.7 Å². The normalized spacial score (nSPS) is 14.7. The van der Waals surface area contributed by atoms with E-state index in [2.05, 4.69) is 44.0 Å². The third-order valence-corrected chi connectivity index (χ3v) is 2.50. The lowest BCUT2D eigenvalue weighted by Crippen LogP contribution is -2.14. The maximum atomic E-state index is 4.30. The van der Waals surface area contributed by atoms with Crippen molar-refractivity contribution >= 4 is 6.21 Å². The molecule has 1 aliphatic rings. The Morgan fingerprint density at radius 1 is 1.23 bits per heavy atom. The third-order valence-electron chi connectivity index (χ3n) is 2.50. The van der Waals surface area contributed by atoms with E-state index in [0.717, 1.165) is 6.54 Å². The van der Waals surface area contributed by atoms with Gasteiger partial charge in [0.05, 0.1) is 6.54 Å². The van der Waals surface area contributed by atoms with Gasteiger partial charge in [0.2, 0.25) is 0 Å². The summed E-state index contributed by atoms with van der Waals surface area (Å²) in [5, 5.41) is 0. The highest BCUT2D eigenvalue weighted by Crippen LogP contribution is 2.29. The molecule has 1 nitrogen and oxygen atoms in total. The molecule has 0 saturated heterocycles. The van der Waals surface area contributed by atoms with Gasteiger partial charge in [0, 0.05) is 6.21 Å². The largest absolute Gasteiger partial charge is 0.288 e. The van der Waals surface area contributed by atoms with Gasteiger partial charge in [0.15, 0.2) is 0 Å². The molecule has 0 N–H and O–H groups in total. The second-order valence-corrected chi connectivity index (χ2v) is 4.59. The van der Waals surface area contributed by atoms with Crippen LogP contribution >= 0.6 is 0 Å². The summed E-state index contributed by atoms with van der Waals surface area (Å²) in [4.78, 5) is 4.30. The van der Waals surface area contributed by atoms with E-state index in [1.165, 1.54) is 16.7 Å². The molecule has 1 aromatic carbocycles. The molecule has 2 rings (SSSR count). The second kappa shape index (κ2) is 2.69. The summed E-state index contributed by atoms with van der Waals surface area (Å²) >= 11 is 0. The van der Waals surface area contributed by atoms with Gasteiger partial charge in [-0.15, -0.1) is 0 Å². The van der Waals surface area contributed by atoms with E-state index in [1.807, 2.05) is 6.21 Å². The van der Waals surface area contributed by atoms with Gasteiger partial charge in [0.1, 0.15) is 0 Å². The Kier molecular flexibility index (Phi) is 1.76. The van der Waals surface area contributed by atoms with Crippen LogP contribution in [-0.4, -0.2) is 6.21 Å². The van der Waals surface area contributed by atoms with Crippen molar-refractivity contribution in [1.82, 2.24) is 0 Å². The van der Waals surface area contributed by atoms with Crippen LogP contribution in [0.2, 0.25) is 0 Å². The predicted molar refractivity (Wildman–Crippen MR) is 56.4 cm³/mol. The second-order valence-electron chi connectivity index (χ2n) is 4.59. The molecule has 13 heavy (non-hydrogen) atoms. The first-order valence-electron chi connectivity index (χ1n) is 4.71. The van der Waals surface area contributed by atoms with E-state index < -0.39 is 0 Å². The minimum absolute atomic E-state index is 0.235. The van der Waals surface area contributed by atoms with Crippen molar-refractivity contribution in [2.75, 3.05) is 0 Å². The quantitative estimate of drug-likeness (QED) is 0.572. The molecule has 1 heteroatoms. The zero-order chi connectivity index (χ0) is 9.47. The number of aliphatic imine (C=N–C) groups is 1. The summed E-state index contributed by atoms with van der Waals surface area (Å²) in [7, 11) is 0. The maximum Gasteiger partial charge on any atom is 0.0649 e. The van der Waals surface area contributed by atoms with Crippen LogP contribution in [0, 0.1) is 0 Å². The van der Waals surface area contributed by atoms with E-state index >= 15 is 0 Å². The van der Waals surface area contributed by atoms with Gasteiger partial charge < -0.3 is 0 Å². The molecule has 0 fully saturated rings. The van der Waals surface area contributed by atoms with Crippen LogP contribution in [0.4, 0.5) is 0 Å². The summed E-state index contributed by atoms with van der Waals surface area (Å²) < 4.78 is 0. The molecule has 1 aliphatic heterocycles. The predicted octanol–water partition coefficient (Wildman–Crippen LogP) is 2.92. The van der Waals surface area contributed by atoms with Gasteiger partial charge in [-0.3, -0.25) is 4.99 Å². The Balaban J connectivity index is 2.57. The SMILES string of the molecule is CC(C)(C)c1cccc2c1CN=C2. The van der Waals surface area contributed by atoms with E-state index in [1.54, 1.807) is 0 Å². The minimum Gasteiger partial charge on any atom is -0.288 e. The van der Waals surface area contributed by atoms with Crippen LogP contribution < -0.4 is 0 Å². The highest BCUT2D eigenvalue weighted by atomic mass is 14.7. The standard InChI is InChI=1S/C12H15N/c1-12(2,3)11-6-4-5-9-7-13-8-10(9)11/h4-7H,8H2,1-3H3. The lowest BCUT2D eigenvalue weighted by Gasteiger charge is -2.22. The molecular formula is C12H15N. The molecule has 0 radical (unpaired) electrons. The van der Waals surface area contributed by atoms with Crippen molar-refractivity contribution in [1.29, 1.82) is 0 Å². The first-order chi connectivity index (χ1) is 6.09. The molecule has 1 aromatic rings. The van der Waals surface area contributed by atoms with E-state index in [4.69, 9.17) is 0 Å². The number of rotatable bonds is 0. The highest BCUT2D eigenvalue weighted by Gasteiger charge is 2.20. The van der Waals surface area contributed by atoms with Gasteiger partial charge >= 0.3 is 0 Å². The molecular weight excluding hydrogens is 158 g/mol. The number of hydrogen-bond acceptors (Lipinski definition) is 1. The summed E-state index contributed by atoms with van der Waals surface area (Å²) in [6.07, 6.45) is 1.98. The van der Waals surface area contributed by atoms with Crippen molar-refractivity contribution in [3.8, 4) is 0 Å². The minimum atomic E-state index is 0.235. The summed E-state index contributed by atoms with van der Waals surface area (Å²) in [5.74, 6) is 0. The van der Waals surface area contributed by atoms with Crippen LogP contribution in [0.15, 0.2) is 23.2 Å². The molecule has 0 aliphatic carbocycles. The van der Waals surface area contributed by atoms with Crippen molar-refractivity contribution in [3.05, 3.63) is 34.9 Å². The number of fused-ring (bicyclic) bond motifs is 1. The molecule has 1 heterocycles. The topological polar surface area (TPSA) is 12.4 Å². The molecule has 0 unspecified atom stereocenters. The average Bonchev–Trinajstić information content (AvgIpc) is 2.48. The molecule has 0 bridgehead atoms. The first kappa shape index (κ1) is 8.49. The molecule has 0 amide bonds. The van der Waals surface area contributed by atoms with Crippen LogP contribution in [0.25, 0.3) is 0 Å². The van der Waals surface area contributed by atoms with Crippen LogP contribution in [0.5, 0.6) is 0 Å². The van der Waals surface area contributed by atoms with Crippen LogP contribution in [0.3, 0.4) is 0 Å². The molecule has 0 spiro atoms. The fourth-order valence-corrected chi connectivity index (χ4v) is 1.84. The lowest BCUT2D eigenvalue weighted by molar-refractivity contribution is 0.583. The van der Waals surface area contributed by atoms with Crippen molar-refractivity contribution in [3.63, 3.8) is 0 Å². The van der Waals surface area contributed by atoms with Crippen LogP contribution in [0.1, 0.15) is 37.5 Å². The molecule has 0 aromatic heterocycles. The Morgan fingerprint density at radius 2 is 2.00 bits per heavy atom. The number of hydrogen-bond donors (Lipinski definition) is 0. The smallest absolute Gasteiger partial charge is 0.0649 e. The molecule has 68 valence electrons. The van der Waals surface area contributed by atoms with Gasteiger partial charge in [-0.25, -0.2) is 0 Å². The maximum absolute atomic E-state index is 4.30. The van der Waals surface area contributed by atoms with Crippen molar-refractivity contribution in [2.24, 2.45) is 4.99 Å². The average molecular weight is 173 g/mol. The van der Waals surface area contributed by atoms with Gasteiger partial charge in [0.25, 0.3) is 0 Å². The van der Waals surface area contributed by atoms with E-state index in [-0.39, 0.29) is 5.41 Å². The monoisotopic (exact) mass is 173 g/mol. The fraction of sp³-hybridized carbons (Fsp3) is 0.417. The van der Waals surface area contributed by atoms with Gasteiger partial charge in [-0.2, -0.15) is 0 Å². The van der Waals surface area contributed by atoms with Crippen LogP contribution in [-0.2, 0) is 12.0 Å². The third kappa shape index (κ3) is 1.39. The lowest BCUT2D eigenvalue weighted by atomic mass is 9.83. The Morgan fingerprint density at radius 3 is 2.69 bits per heavy atom. The highest BCUT2D eigenvalue weighted by molar-refractivity contribution is 5.85. The Hall–Kier alpha value is -1.11. The van der Waals surface area contributed by atoms with Gasteiger partial charge in [-0.1, -0.05) is 39.0 Å². The Labute approximate surface area is 79.5 Å². The zero-order valence-corrected chi connectivity index (χ0v) is 8.46. The summed E-state index contributed by atoms with van der Waals surface area (Å²) in [6.45, 7) is 7.62. The number of nitrogens with zero attached hydrogens (tertiary/aromatic N) is 1.